The Hall–Kier alpha value is -2.66. The first-order chi connectivity index (χ1) is 12.3. The molecule has 2 amide bonds. The first-order valence-electron chi connectivity index (χ1n) is 7.59. The molecule has 10 nitrogen and oxygen atoms in total. The molecule has 2 unspecified atom stereocenters. The van der Waals surface area contributed by atoms with Crippen molar-refractivity contribution in [2.45, 2.75) is 29.8 Å². The Bertz CT molecular complexity index is 642. The molecule has 0 aliphatic rings. The van der Waals surface area contributed by atoms with Gasteiger partial charge in [0.15, 0.2) is 0 Å². The maximum Gasteiger partial charge on any atom is 0.322 e. The number of carbonyl (C=O) groups is 4. The molecule has 0 aliphatic carbocycles. The Balaban J connectivity index is 2.63. The van der Waals surface area contributed by atoms with E-state index >= 15 is 0 Å². The van der Waals surface area contributed by atoms with Crippen LogP contribution in [0.4, 0.5) is 0 Å². The summed E-state index contributed by atoms with van der Waals surface area (Å²) in [6.45, 7) is -0.574. The number of amides is 2. The Morgan fingerprint density at radius 3 is 2.42 bits per heavy atom. The van der Waals surface area contributed by atoms with Crippen molar-refractivity contribution in [2.75, 3.05) is 12.3 Å². The fraction of sp³-hybridized carbons (Fsp3) is 0.400. The van der Waals surface area contributed by atoms with Crippen molar-refractivity contribution in [2.24, 2.45) is 5.73 Å². The monoisotopic (exact) mass is 384 g/mol. The van der Waals surface area contributed by atoms with Gasteiger partial charge < -0.3 is 26.6 Å². The number of nitrogens with two attached hydrogens (primary N) is 1. The Kier molecular flexibility index (Phi) is 9.09. The summed E-state index contributed by atoms with van der Waals surface area (Å²) in [6, 6.07) is 1.29. The molecule has 142 valence electrons. The lowest BCUT2D eigenvalue weighted by molar-refractivity contribution is -0.139. The van der Waals surface area contributed by atoms with E-state index in [4.69, 9.17) is 15.9 Å². The predicted molar refractivity (Wildman–Crippen MR) is 92.4 cm³/mol. The lowest BCUT2D eigenvalue weighted by atomic mass is 10.1. The third-order valence-electron chi connectivity index (χ3n) is 3.13. The molecule has 0 aliphatic heterocycles. The van der Waals surface area contributed by atoms with E-state index in [1.165, 1.54) is 11.8 Å². The third-order valence-corrected chi connectivity index (χ3v) is 4.24. The fourth-order valence-corrected chi connectivity index (χ4v) is 2.67. The molecular formula is C15H20N4O6S. The summed E-state index contributed by atoms with van der Waals surface area (Å²) < 4.78 is 0. The van der Waals surface area contributed by atoms with E-state index in [9.17, 15) is 19.2 Å². The first-order valence-corrected chi connectivity index (χ1v) is 8.58. The lowest BCUT2D eigenvalue weighted by Gasteiger charge is -2.18. The second kappa shape index (κ2) is 11.1. The van der Waals surface area contributed by atoms with Crippen molar-refractivity contribution in [3.63, 3.8) is 0 Å². The fourth-order valence-electron chi connectivity index (χ4n) is 1.76. The molecule has 1 aromatic heterocycles. The molecule has 0 saturated heterocycles. The van der Waals surface area contributed by atoms with Crippen molar-refractivity contribution >= 4 is 35.5 Å². The number of nitrogens with one attached hydrogen (secondary N) is 2. The summed E-state index contributed by atoms with van der Waals surface area (Å²) in [5, 5.41) is 22.0. The van der Waals surface area contributed by atoms with E-state index in [1.807, 2.05) is 0 Å². The van der Waals surface area contributed by atoms with E-state index in [-0.39, 0.29) is 18.6 Å². The Labute approximate surface area is 153 Å². The molecule has 2 atom stereocenters. The first kappa shape index (κ1) is 21.4. The number of nitrogens with zero attached hydrogens (tertiary/aromatic N) is 1. The summed E-state index contributed by atoms with van der Waals surface area (Å²) >= 11 is 1.28. The van der Waals surface area contributed by atoms with Crippen LogP contribution in [0.1, 0.15) is 12.8 Å². The number of carbonyl (C=O) groups excluding carboxylic acids is 2. The highest BCUT2D eigenvalue weighted by Crippen LogP contribution is 2.17. The van der Waals surface area contributed by atoms with Gasteiger partial charge in [-0.25, -0.2) is 0 Å². The number of rotatable bonds is 11. The summed E-state index contributed by atoms with van der Waals surface area (Å²) in [4.78, 5) is 50.0. The molecule has 26 heavy (non-hydrogen) atoms. The van der Waals surface area contributed by atoms with Gasteiger partial charge in [0.2, 0.25) is 11.8 Å². The molecule has 1 rings (SSSR count). The highest BCUT2D eigenvalue weighted by molar-refractivity contribution is 7.99. The van der Waals surface area contributed by atoms with Crippen molar-refractivity contribution in [3.8, 4) is 0 Å². The second-order valence-corrected chi connectivity index (χ2v) is 6.30. The van der Waals surface area contributed by atoms with Crippen LogP contribution in [0.5, 0.6) is 0 Å². The molecular weight excluding hydrogens is 364 g/mol. The average Bonchev–Trinajstić information content (AvgIpc) is 2.61. The second-order valence-electron chi connectivity index (χ2n) is 5.21. The Morgan fingerprint density at radius 2 is 1.85 bits per heavy atom. The molecule has 0 fully saturated rings. The largest absolute Gasteiger partial charge is 0.480 e. The van der Waals surface area contributed by atoms with Gasteiger partial charge in [-0.05, 0) is 18.6 Å². The number of hydrogen-bond donors (Lipinski definition) is 5. The topological polar surface area (TPSA) is 172 Å². The average molecular weight is 384 g/mol. The molecule has 11 heteroatoms. The van der Waals surface area contributed by atoms with Crippen LogP contribution in [0.3, 0.4) is 0 Å². The maximum atomic E-state index is 12.1. The highest BCUT2D eigenvalue weighted by atomic mass is 32.2. The van der Waals surface area contributed by atoms with Crippen molar-refractivity contribution in [3.05, 3.63) is 24.5 Å². The van der Waals surface area contributed by atoms with Crippen LogP contribution in [-0.2, 0) is 19.2 Å². The van der Waals surface area contributed by atoms with Gasteiger partial charge in [0.25, 0.3) is 0 Å². The molecule has 1 aromatic rings. The normalized spacial score (nSPS) is 12.7. The molecule has 0 spiro atoms. The minimum absolute atomic E-state index is 0.0812. The maximum absolute atomic E-state index is 12.1. The quantitative estimate of drug-likeness (QED) is 0.302. The standard InChI is InChI=1S/C15H20N4O6S/c16-10(15(24)25)1-2-12(20)19-11(14(23)18-7-13(21)22)8-26-9-3-5-17-6-4-9/h3-6,10-11H,1-2,7-8,16H2,(H,18,23)(H,19,20)(H,21,22)(H,24,25). The van der Waals surface area contributed by atoms with E-state index in [0.29, 0.717) is 0 Å². The lowest BCUT2D eigenvalue weighted by Crippen LogP contribution is -2.49. The highest BCUT2D eigenvalue weighted by Gasteiger charge is 2.22. The molecule has 0 bridgehead atoms. The van der Waals surface area contributed by atoms with Crippen molar-refractivity contribution < 1.29 is 29.4 Å². The van der Waals surface area contributed by atoms with E-state index in [1.54, 1.807) is 24.5 Å². The van der Waals surface area contributed by atoms with E-state index in [2.05, 4.69) is 15.6 Å². The minimum Gasteiger partial charge on any atom is -0.480 e. The molecule has 0 saturated carbocycles. The SMILES string of the molecule is NC(CCC(=O)NC(CSc1ccncc1)C(=O)NCC(=O)O)C(=O)O. The number of hydrogen-bond acceptors (Lipinski definition) is 7. The van der Waals surface area contributed by atoms with Crippen molar-refractivity contribution in [1.82, 2.24) is 15.6 Å². The molecule has 1 heterocycles. The van der Waals surface area contributed by atoms with Gasteiger partial charge in [-0.1, -0.05) is 0 Å². The van der Waals surface area contributed by atoms with Crippen molar-refractivity contribution in [1.29, 1.82) is 0 Å². The van der Waals surface area contributed by atoms with Gasteiger partial charge >= 0.3 is 11.9 Å². The van der Waals surface area contributed by atoms with Crippen LogP contribution in [0.25, 0.3) is 0 Å². The number of aliphatic carboxylic acids is 2. The molecule has 6 N–H and O–H groups in total. The van der Waals surface area contributed by atoms with E-state index in [0.717, 1.165) is 4.90 Å². The zero-order valence-electron chi connectivity index (χ0n) is 13.8. The van der Waals surface area contributed by atoms with Crippen LogP contribution in [0.15, 0.2) is 29.4 Å². The summed E-state index contributed by atoms with van der Waals surface area (Å²) in [7, 11) is 0. The van der Waals surface area contributed by atoms with Crippen LogP contribution in [-0.4, -0.2) is 63.3 Å². The number of thioether (sulfide) groups is 1. The van der Waals surface area contributed by atoms with E-state index < -0.39 is 42.4 Å². The van der Waals surface area contributed by atoms with Gasteiger partial charge in [-0.15, -0.1) is 11.8 Å². The number of carboxylic acid groups (broad SMARTS) is 2. The number of pyridine rings is 1. The van der Waals surface area contributed by atoms with Crippen LogP contribution in [0.2, 0.25) is 0 Å². The van der Waals surface area contributed by atoms with Gasteiger partial charge in [0, 0.05) is 29.5 Å². The smallest absolute Gasteiger partial charge is 0.322 e. The van der Waals surface area contributed by atoms with Crippen LogP contribution in [0, 0.1) is 0 Å². The van der Waals surface area contributed by atoms with Gasteiger partial charge in [0.05, 0.1) is 0 Å². The van der Waals surface area contributed by atoms with Gasteiger partial charge in [0.1, 0.15) is 18.6 Å². The van der Waals surface area contributed by atoms with Gasteiger partial charge in [-0.3, -0.25) is 24.2 Å². The molecule has 0 aromatic carbocycles. The predicted octanol–water partition coefficient (Wildman–Crippen LogP) is -0.949. The minimum atomic E-state index is -1.22. The zero-order valence-corrected chi connectivity index (χ0v) is 14.6. The zero-order chi connectivity index (χ0) is 19.5. The number of aromatic nitrogens is 1. The summed E-state index contributed by atoms with van der Waals surface area (Å²) in [5.41, 5.74) is 5.34. The van der Waals surface area contributed by atoms with Gasteiger partial charge in [-0.2, -0.15) is 0 Å². The Morgan fingerprint density at radius 1 is 1.19 bits per heavy atom. The summed E-state index contributed by atoms with van der Waals surface area (Å²) in [5.74, 6) is -3.47. The molecule has 0 radical (unpaired) electrons. The third kappa shape index (κ3) is 8.44. The number of carboxylic acids is 2. The summed E-state index contributed by atoms with van der Waals surface area (Å²) in [6.07, 6.45) is 2.90. The van der Waals surface area contributed by atoms with Crippen LogP contribution < -0.4 is 16.4 Å². The van der Waals surface area contributed by atoms with Crippen LogP contribution >= 0.6 is 11.8 Å².